The number of rotatable bonds is 3. The third kappa shape index (κ3) is 3.77. The first-order chi connectivity index (χ1) is 7.42. The highest BCUT2D eigenvalue weighted by Crippen LogP contribution is 2.15. The second-order valence-corrected chi connectivity index (χ2v) is 2.71. The van der Waals surface area contributed by atoms with E-state index >= 15 is 0 Å². The molecule has 0 heterocycles. The summed E-state index contributed by atoms with van der Waals surface area (Å²) in [6, 6.07) is 5.65. The van der Waals surface area contributed by atoms with Crippen LogP contribution in [-0.2, 0) is 4.84 Å². The Bertz CT molecular complexity index is 379. The Labute approximate surface area is 88.9 Å². The second kappa shape index (κ2) is 4.84. The first-order valence-electron chi connectivity index (χ1n) is 4.11. The number of ether oxygens (including phenoxy) is 1. The Hall–Kier alpha value is -1.76. The smallest absolute Gasteiger partial charge is 0.497 e. The van der Waals surface area contributed by atoms with Crippen molar-refractivity contribution in [3.63, 3.8) is 0 Å². The number of carbonyl (C=O) groups is 1. The third-order valence-electron chi connectivity index (χ3n) is 1.59. The molecule has 0 aliphatic carbocycles. The van der Waals surface area contributed by atoms with E-state index < -0.39 is 12.3 Å². The lowest BCUT2D eigenvalue weighted by Gasteiger charge is -2.08. The second-order valence-electron chi connectivity index (χ2n) is 2.71. The fourth-order valence-electron chi connectivity index (χ4n) is 0.927. The molecule has 0 saturated carbocycles. The Kier molecular flexibility index (Phi) is 3.73. The van der Waals surface area contributed by atoms with Gasteiger partial charge in [0.2, 0.25) is 0 Å². The highest BCUT2D eigenvalue weighted by molar-refractivity contribution is 5.93. The molecule has 1 rings (SSSR count). The molecule has 1 N–H and O–H groups in total. The molecule has 0 bridgehead atoms. The summed E-state index contributed by atoms with van der Waals surface area (Å²) in [6.45, 7) is 0. The number of halogens is 3. The van der Waals surface area contributed by atoms with E-state index in [1.165, 1.54) is 30.8 Å². The van der Waals surface area contributed by atoms with Gasteiger partial charge >= 0.3 is 6.36 Å². The van der Waals surface area contributed by atoms with Gasteiger partial charge in [-0.15, -0.1) is 13.2 Å². The molecule has 0 spiro atoms. The molecule has 4 nitrogen and oxygen atoms in total. The van der Waals surface area contributed by atoms with E-state index in [0.717, 1.165) is 0 Å². The summed E-state index contributed by atoms with van der Waals surface area (Å²) in [4.78, 5) is 14.3. The van der Waals surface area contributed by atoms with Crippen LogP contribution in [0.15, 0.2) is 24.3 Å². The number of amides is 1. The van der Waals surface area contributed by atoms with Gasteiger partial charge in [0.1, 0.15) is 5.75 Å². The van der Waals surface area contributed by atoms with Crippen LogP contribution in [0.1, 0.15) is 10.4 Å². The molecular formula is C9H8F3NO3. The van der Waals surface area contributed by atoms with Crippen LogP contribution in [0.2, 0.25) is 0 Å². The van der Waals surface area contributed by atoms with E-state index in [-0.39, 0.29) is 5.56 Å². The lowest BCUT2D eigenvalue weighted by Crippen LogP contribution is -2.31. The van der Waals surface area contributed by atoms with E-state index in [1.54, 1.807) is 6.07 Å². The quantitative estimate of drug-likeness (QED) is 0.813. The minimum absolute atomic E-state index is 0.00333. The normalized spacial score (nSPS) is 11.0. The molecule has 0 aliphatic rings. The lowest BCUT2D eigenvalue weighted by molar-refractivity contribution is -0.343. The van der Waals surface area contributed by atoms with Crippen LogP contribution in [0.3, 0.4) is 0 Å². The van der Waals surface area contributed by atoms with Gasteiger partial charge in [0.15, 0.2) is 0 Å². The highest BCUT2D eigenvalue weighted by Gasteiger charge is 2.31. The van der Waals surface area contributed by atoms with Crippen LogP contribution in [0.25, 0.3) is 0 Å². The van der Waals surface area contributed by atoms with Crippen molar-refractivity contribution in [1.82, 2.24) is 5.48 Å². The lowest BCUT2D eigenvalue weighted by atomic mass is 10.2. The molecule has 0 fully saturated rings. The largest absolute Gasteiger partial charge is 0.543 e. The summed E-state index contributed by atoms with van der Waals surface area (Å²) in [6.07, 6.45) is -4.91. The molecular weight excluding hydrogens is 227 g/mol. The van der Waals surface area contributed by atoms with Gasteiger partial charge in [-0.25, -0.2) is 5.48 Å². The zero-order chi connectivity index (χ0) is 12.2. The van der Waals surface area contributed by atoms with Gasteiger partial charge in [0.05, 0.1) is 7.11 Å². The molecule has 16 heavy (non-hydrogen) atoms. The van der Waals surface area contributed by atoms with Gasteiger partial charge in [0.25, 0.3) is 5.91 Å². The summed E-state index contributed by atoms with van der Waals surface area (Å²) in [5.41, 5.74) is 1.27. The number of methoxy groups -OCH3 is 1. The van der Waals surface area contributed by atoms with Crippen LogP contribution in [0.4, 0.5) is 13.2 Å². The van der Waals surface area contributed by atoms with Gasteiger partial charge in [-0.2, -0.15) is 4.84 Å². The van der Waals surface area contributed by atoms with Crippen molar-refractivity contribution in [1.29, 1.82) is 0 Å². The molecule has 0 aromatic heterocycles. The highest BCUT2D eigenvalue weighted by atomic mass is 19.4. The van der Waals surface area contributed by atoms with Gasteiger partial charge in [-0.3, -0.25) is 4.79 Å². The van der Waals surface area contributed by atoms with Crippen molar-refractivity contribution >= 4 is 5.91 Å². The Morgan fingerprint density at radius 2 is 2.06 bits per heavy atom. The van der Waals surface area contributed by atoms with Crippen molar-refractivity contribution in [2.24, 2.45) is 0 Å². The van der Waals surface area contributed by atoms with E-state index in [1.807, 2.05) is 0 Å². The number of alkyl halides is 3. The van der Waals surface area contributed by atoms with Gasteiger partial charge < -0.3 is 4.74 Å². The summed E-state index contributed by atoms with van der Waals surface area (Å²) >= 11 is 0. The molecule has 88 valence electrons. The molecule has 0 radical (unpaired) electrons. The minimum atomic E-state index is -4.91. The SMILES string of the molecule is COc1cccc(C(=O)NOC(F)(F)F)c1. The number of hydroxylamine groups is 1. The third-order valence-corrected chi connectivity index (χ3v) is 1.59. The first kappa shape index (κ1) is 12.3. The topological polar surface area (TPSA) is 47.6 Å². The Morgan fingerprint density at radius 1 is 1.38 bits per heavy atom. The zero-order valence-corrected chi connectivity index (χ0v) is 8.17. The van der Waals surface area contributed by atoms with E-state index in [2.05, 4.69) is 4.84 Å². The number of benzene rings is 1. The van der Waals surface area contributed by atoms with Crippen LogP contribution < -0.4 is 10.2 Å². The monoisotopic (exact) mass is 235 g/mol. The van der Waals surface area contributed by atoms with Gasteiger partial charge in [0, 0.05) is 5.56 Å². The van der Waals surface area contributed by atoms with Crippen molar-refractivity contribution in [3.05, 3.63) is 29.8 Å². The summed E-state index contributed by atoms with van der Waals surface area (Å²) in [7, 11) is 1.38. The van der Waals surface area contributed by atoms with Crippen LogP contribution in [0, 0.1) is 0 Å². The maximum Gasteiger partial charge on any atom is 0.543 e. The van der Waals surface area contributed by atoms with E-state index in [4.69, 9.17) is 4.74 Å². The number of hydrogen-bond acceptors (Lipinski definition) is 3. The zero-order valence-electron chi connectivity index (χ0n) is 8.17. The maximum absolute atomic E-state index is 11.6. The van der Waals surface area contributed by atoms with Crippen LogP contribution in [0.5, 0.6) is 5.75 Å². The number of carbonyl (C=O) groups excluding carboxylic acids is 1. The standard InChI is InChI=1S/C9H8F3NO3/c1-15-7-4-2-3-6(5-7)8(14)13-16-9(10,11)12/h2-5H,1H3,(H,13,14). The Balaban J connectivity index is 2.66. The molecule has 1 aromatic rings. The molecule has 0 saturated heterocycles. The van der Waals surface area contributed by atoms with Gasteiger partial charge in [-0.05, 0) is 18.2 Å². The predicted molar refractivity (Wildman–Crippen MR) is 47.6 cm³/mol. The van der Waals surface area contributed by atoms with Crippen LogP contribution in [-0.4, -0.2) is 19.4 Å². The fraction of sp³-hybridized carbons (Fsp3) is 0.222. The van der Waals surface area contributed by atoms with Crippen LogP contribution >= 0.6 is 0 Å². The van der Waals surface area contributed by atoms with Crippen molar-refractivity contribution in [3.8, 4) is 5.75 Å². The van der Waals surface area contributed by atoms with E-state index in [0.29, 0.717) is 5.75 Å². The average Bonchev–Trinajstić information content (AvgIpc) is 2.25. The van der Waals surface area contributed by atoms with Gasteiger partial charge in [-0.1, -0.05) is 6.07 Å². The number of nitrogens with one attached hydrogen (secondary N) is 1. The Morgan fingerprint density at radius 3 is 2.62 bits per heavy atom. The minimum Gasteiger partial charge on any atom is -0.497 e. The van der Waals surface area contributed by atoms with Crippen molar-refractivity contribution in [2.75, 3.05) is 7.11 Å². The number of hydrogen-bond donors (Lipinski definition) is 1. The summed E-state index contributed by atoms with van der Waals surface area (Å²) in [5.74, 6) is -0.643. The molecule has 1 amide bonds. The molecule has 7 heteroatoms. The first-order valence-corrected chi connectivity index (χ1v) is 4.11. The molecule has 0 unspecified atom stereocenters. The molecule has 0 aliphatic heterocycles. The summed E-state index contributed by atoms with van der Waals surface area (Å²) in [5, 5.41) is 0. The molecule has 1 aromatic carbocycles. The predicted octanol–water partition coefficient (Wildman–Crippen LogP) is 1.88. The fourth-order valence-corrected chi connectivity index (χ4v) is 0.927. The van der Waals surface area contributed by atoms with E-state index in [9.17, 15) is 18.0 Å². The van der Waals surface area contributed by atoms with Crippen molar-refractivity contribution in [2.45, 2.75) is 6.36 Å². The molecule has 0 atom stereocenters. The van der Waals surface area contributed by atoms with Crippen molar-refractivity contribution < 1.29 is 27.5 Å². The maximum atomic E-state index is 11.6. The summed E-state index contributed by atoms with van der Waals surface area (Å²) < 4.78 is 39.7. The average molecular weight is 235 g/mol.